The molecule has 0 saturated heterocycles. The van der Waals surface area contributed by atoms with Gasteiger partial charge in [-0.2, -0.15) is 13.2 Å². The monoisotopic (exact) mass is 463 g/mol. The fourth-order valence-electron chi connectivity index (χ4n) is 4.05. The van der Waals surface area contributed by atoms with Crippen molar-refractivity contribution in [1.82, 2.24) is 14.5 Å². The van der Waals surface area contributed by atoms with E-state index in [9.17, 15) is 17.6 Å². The maximum absolute atomic E-state index is 13.6. The maximum Gasteiger partial charge on any atom is 0.417 e. The molecule has 4 rings (SSSR count). The largest absolute Gasteiger partial charge is 0.417 e. The van der Waals surface area contributed by atoms with Crippen LogP contribution in [0.15, 0.2) is 53.7 Å². The highest BCUT2D eigenvalue weighted by atomic mass is 32.2. The summed E-state index contributed by atoms with van der Waals surface area (Å²) in [5, 5.41) is 1.54. The van der Waals surface area contributed by atoms with Crippen LogP contribution in [0.3, 0.4) is 0 Å². The Hall–Kier alpha value is -2.32. The first-order chi connectivity index (χ1) is 15.3. The predicted octanol–water partition coefficient (Wildman–Crippen LogP) is 6.49. The van der Waals surface area contributed by atoms with Crippen LogP contribution in [0, 0.1) is 5.82 Å². The van der Waals surface area contributed by atoms with E-state index in [0.29, 0.717) is 5.03 Å². The molecule has 0 amide bonds. The first-order valence-electron chi connectivity index (χ1n) is 10.7. The highest BCUT2D eigenvalue weighted by Crippen LogP contribution is 2.30. The third-order valence-electron chi connectivity index (χ3n) is 5.69. The van der Waals surface area contributed by atoms with E-state index in [2.05, 4.69) is 33.5 Å². The van der Waals surface area contributed by atoms with Crippen molar-refractivity contribution in [2.75, 3.05) is 25.4 Å². The second kappa shape index (κ2) is 9.67. The van der Waals surface area contributed by atoms with E-state index in [0.717, 1.165) is 67.8 Å². The molecule has 0 spiro atoms. The number of hydrogen-bond acceptors (Lipinski definition) is 3. The number of aryl methyl sites for hydroxylation is 1. The van der Waals surface area contributed by atoms with Gasteiger partial charge in [-0.15, -0.1) is 11.8 Å². The van der Waals surface area contributed by atoms with Gasteiger partial charge in [-0.1, -0.05) is 13.0 Å². The van der Waals surface area contributed by atoms with Crippen LogP contribution in [0.4, 0.5) is 17.6 Å². The van der Waals surface area contributed by atoms with Crippen LogP contribution in [0.1, 0.15) is 31.0 Å². The lowest BCUT2D eigenvalue weighted by Crippen LogP contribution is -2.30. The molecule has 1 aromatic carbocycles. The van der Waals surface area contributed by atoms with Crippen molar-refractivity contribution in [3.05, 3.63) is 65.7 Å². The summed E-state index contributed by atoms with van der Waals surface area (Å²) in [4.78, 5) is 6.28. The number of aromatic nitrogens is 2. The predicted molar refractivity (Wildman–Crippen MR) is 121 cm³/mol. The first kappa shape index (κ1) is 22.9. The van der Waals surface area contributed by atoms with Crippen LogP contribution < -0.4 is 0 Å². The number of nitrogens with zero attached hydrogens (tertiary/aromatic N) is 3. The summed E-state index contributed by atoms with van der Waals surface area (Å²) < 4.78 is 53.7. The summed E-state index contributed by atoms with van der Waals surface area (Å²) in [6.45, 7) is 4.83. The van der Waals surface area contributed by atoms with Gasteiger partial charge in [-0.25, -0.2) is 9.37 Å². The fourth-order valence-corrected chi connectivity index (χ4v) is 4.82. The Morgan fingerprint density at radius 1 is 1.12 bits per heavy atom. The molecule has 2 aromatic heterocycles. The molecule has 3 heterocycles. The molecule has 3 nitrogen and oxygen atoms in total. The topological polar surface area (TPSA) is 21.1 Å². The van der Waals surface area contributed by atoms with Gasteiger partial charge in [0.1, 0.15) is 5.82 Å². The molecule has 8 heteroatoms. The van der Waals surface area contributed by atoms with Gasteiger partial charge in [0, 0.05) is 48.2 Å². The second-order valence-corrected chi connectivity index (χ2v) is 8.97. The lowest BCUT2D eigenvalue weighted by atomic mass is 10.1. The van der Waals surface area contributed by atoms with Crippen molar-refractivity contribution in [3.63, 3.8) is 0 Å². The molecule has 0 saturated carbocycles. The van der Waals surface area contributed by atoms with Crippen molar-refractivity contribution in [3.8, 4) is 0 Å². The minimum absolute atomic E-state index is 0.217. The summed E-state index contributed by atoms with van der Waals surface area (Å²) in [5.74, 6) is 0.588. The average molecular weight is 464 g/mol. The van der Waals surface area contributed by atoms with Crippen LogP contribution in [-0.2, 0) is 12.6 Å². The zero-order valence-corrected chi connectivity index (χ0v) is 18.6. The van der Waals surface area contributed by atoms with Crippen LogP contribution in [0.25, 0.3) is 16.6 Å². The molecule has 1 aliphatic rings. The molecule has 0 bridgehead atoms. The number of hydrogen-bond donors (Lipinski definition) is 0. The Labute approximate surface area is 189 Å². The maximum atomic E-state index is 13.6. The number of halogens is 4. The van der Waals surface area contributed by atoms with Gasteiger partial charge < -0.3 is 4.57 Å². The number of pyridine rings is 1. The molecule has 0 N–H and O–H groups in total. The third-order valence-corrected chi connectivity index (χ3v) is 6.72. The standard InChI is InChI=1S/C24H25F4N3S/c1-2-20-15-17-14-19(25)5-6-22(17)31(20)21-8-11-30(12-9-21)10-3-13-32-23-7-4-18(16-29-23)24(26,27)28/h4-8,14-16H,2-3,9-13H2,1H3. The van der Waals surface area contributed by atoms with Gasteiger partial charge in [-0.3, -0.25) is 4.90 Å². The van der Waals surface area contributed by atoms with E-state index < -0.39 is 11.7 Å². The molecule has 1 aliphatic heterocycles. The van der Waals surface area contributed by atoms with Gasteiger partial charge in [0.15, 0.2) is 0 Å². The Balaban J connectivity index is 1.30. The number of thioether (sulfide) groups is 1. The molecule has 0 atom stereocenters. The molecule has 0 aliphatic carbocycles. The molecule has 0 radical (unpaired) electrons. The average Bonchev–Trinajstić information content (AvgIpc) is 3.14. The first-order valence-corrected chi connectivity index (χ1v) is 11.7. The fraction of sp³-hybridized carbons (Fsp3) is 0.375. The summed E-state index contributed by atoms with van der Waals surface area (Å²) in [6.07, 6.45) is 1.52. The van der Waals surface area contributed by atoms with Crippen molar-refractivity contribution in [2.24, 2.45) is 0 Å². The summed E-state index contributed by atoms with van der Waals surface area (Å²) in [5.41, 5.74) is 2.77. The molecule has 0 fully saturated rings. The highest BCUT2D eigenvalue weighted by Gasteiger charge is 2.30. The SMILES string of the molecule is CCc1cc2cc(F)ccc2n1C1=CCN(CCCSc2ccc(C(F)(F)F)cn2)CC1. The van der Waals surface area contributed by atoms with Gasteiger partial charge in [0.25, 0.3) is 0 Å². The van der Waals surface area contributed by atoms with E-state index in [-0.39, 0.29) is 5.82 Å². The van der Waals surface area contributed by atoms with E-state index in [1.165, 1.54) is 35.3 Å². The lowest BCUT2D eigenvalue weighted by Gasteiger charge is -2.27. The smallest absolute Gasteiger partial charge is 0.318 e. The number of rotatable bonds is 7. The van der Waals surface area contributed by atoms with Crippen molar-refractivity contribution >= 4 is 28.4 Å². The Morgan fingerprint density at radius 3 is 2.62 bits per heavy atom. The van der Waals surface area contributed by atoms with Gasteiger partial charge in [-0.05, 0) is 55.8 Å². The molecular formula is C24H25F4N3S. The quantitative estimate of drug-likeness (QED) is 0.227. The zero-order chi connectivity index (χ0) is 22.7. The van der Waals surface area contributed by atoms with Crippen molar-refractivity contribution in [1.29, 1.82) is 0 Å². The van der Waals surface area contributed by atoms with Crippen molar-refractivity contribution < 1.29 is 17.6 Å². The summed E-state index contributed by atoms with van der Waals surface area (Å²) >= 11 is 1.48. The number of fused-ring (bicyclic) bond motifs is 1. The Bertz CT molecular complexity index is 1100. The van der Waals surface area contributed by atoms with Crippen LogP contribution in [0.2, 0.25) is 0 Å². The zero-order valence-electron chi connectivity index (χ0n) is 17.8. The van der Waals surface area contributed by atoms with Gasteiger partial charge in [0.2, 0.25) is 0 Å². The normalized spacial score (nSPS) is 15.3. The van der Waals surface area contributed by atoms with Crippen LogP contribution >= 0.6 is 11.8 Å². The Kier molecular flexibility index (Phi) is 6.90. The summed E-state index contributed by atoms with van der Waals surface area (Å²) in [6, 6.07) is 9.53. The summed E-state index contributed by atoms with van der Waals surface area (Å²) in [7, 11) is 0. The minimum atomic E-state index is -4.35. The van der Waals surface area contributed by atoms with Crippen LogP contribution in [-0.4, -0.2) is 39.8 Å². The molecule has 3 aromatic rings. The van der Waals surface area contributed by atoms with Gasteiger partial charge >= 0.3 is 6.18 Å². The van der Waals surface area contributed by atoms with E-state index in [1.54, 1.807) is 6.07 Å². The molecular weight excluding hydrogens is 438 g/mol. The molecule has 170 valence electrons. The Morgan fingerprint density at radius 2 is 1.97 bits per heavy atom. The van der Waals surface area contributed by atoms with Gasteiger partial charge in [0.05, 0.1) is 16.1 Å². The number of benzene rings is 1. The molecule has 0 unspecified atom stereocenters. The van der Waals surface area contributed by atoms with E-state index in [4.69, 9.17) is 0 Å². The van der Waals surface area contributed by atoms with E-state index >= 15 is 0 Å². The van der Waals surface area contributed by atoms with E-state index in [1.807, 2.05) is 6.07 Å². The third kappa shape index (κ3) is 5.18. The van der Waals surface area contributed by atoms with Crippen LogP contribution in [0.5, 0.6) is 0 Å². The van der Waals surface area contributed by atoms with Crippen molar-refractivity contribution in [2.45, 2.75) is 37.4 Å². The molecule has 32 heavy (non-hydrogen) atoms. The second-order valence-electron chi connectivity index (χ2n) is 7.86. The minimum Gasteiger partial charge on any atom is -0.318 e. The number of alkyl halides is 3. The lowest BCUT2D eigenvalue weighted by molar-refractivity contribution is -0.137. The highest BCUT2D eigenvalue weighted by molar-refractivity contribution is 7.99.